The number of hydrogen-bond acceptors (Lipinski definition) is 3. The lowest BCUT2D eigenvalue weighted by atomic mass is 9.96. The third-order valence-electron chi connectivity index (χ3n) is 3.88. The fraction of sp³-hybridized carbons (Fsp3) is 0.100. The number of ether oxygens (including phenoxy) is 1. The molecule has 0 fully saturated rings. The van der Waals surface area contributed by atoms with Crippen LogP contribution in [0.25, 0.3) is 22.4 Å². The van der Waals surface area contributed by atoms with E-state index in [-0.39, 0.29) is 5.56 Å². The minimum atomic E-state index is -4.45. The monoisotopic (exact) mass is 357 g/mol. The van der Waals surface area contributed by atoms with E-state index in [1.54, 1.807) is 36.4 Å². The number of benzene rings is 2. The summed E-state index contributed by atoms with van der Waals surface area (Å²) in [5.74, 6) is -0.507. The maximum absolute atomic E-state index is 13.3. The zero-order valence-electron chi connectivity index (χ0n) is 13.7. The Kier molecular flexibility index (Phi) is 4.75. The van der Waals surface area contributed by atoms with Gasteiger partial charge in [-0.15, -0.1) is 0 Å². The largest absolute Gasteiger partial charge is 0.465 e. The van der Waals surface area contributed by atoms with Crippen LogP contribution < -0.4 is 0 Å². The van der Waals surface area contributed by atoms with E-state index in [1.165, 1.54) is 31.5 Å². The SMILES string of the molecule is COC(=O)c1ccnc(-c2cccc(-c3ccccc3C(F)(F)F)c2)c1. The van der Waals surface area contributed by atoms with E-state index >= 15 is 0 Å². The van der Waals surface area contributed by atoms with Gasteiger partial charge in [0.2, 0.25) is 0 Å². The third kappa shape index (κ3) is 3.59. The summed E-state index contributed by atoms with van der Waals surface area (Å²) in [7, 11) is 1.27. The van der Waals surface area contributed by atoms with E-state index in [0.717, 1.165) is 6.07 Å². The Morgan fingerprint density at radius 2 is 1.69 bits per heavy atom. The number of pyridine rings is 1. The van der Waals surface area contributed by atoms with E-state index in [0.29, 0.717) is 22.4 Å². The van der Waals surface area contributed by atoms with E-state index in [1.807, 2.05) is 0 Å². The lowest BCUT2D eigenvalue weighted by molar-refractivity contribution is -0.137. The van der Waals surface area contributed by atoms with Crippen LogP contribution in [0.5, 0.6) is 0 Å². The van der Waals surface area contributed by atoms with E-state index in [2.05, 4.69) is 9.72 Å². The summed E-state index contributed by atoms with van der Waals surface area (Å²) in [6, 6.07) is 15.1. The number of carbonyl (C=O) groups is 1. The molecule has 0 spiro atoms. The van der Waals surface area contributed by atoms with Crippen LogP contribution in [0, 0.1) is 0 Å². The molecule has 0 saturated heterocycles. The molecular weight excluding hydrogens is 343 g/mol. The van der Waals surface area contributed by atoms with Crippen molar-refractivity contribution in [3.05, 3.63) is 78.0 Å². The van der Waals surface area contributed by atoms with Crippen molar-refractivity contribution in [2.45, 2.75) is 6.18 Å². The average Bonchev–Trinajstić information content (AvgIpc) is 2.67. The van der Waals surface area contributed by atoms with Crippen LogP contribution >= 0.6 is 0 Å². The predicted octanol–water partition coefficient (Wildman–Crippen LogP) is 5.22. The van der Waals surface area contributed by atoms with Gasteiger partial charge in [-0.2, -0.15) is 13.2 Å². The number of nitrogens with zero attached hydrogens (tertiary/aromatic N) is 1. The minimum absolute atomic E-state index is 0.0889. The number of carbonyl (C=O) groups excluding carboxylic acids is 1. The second-order valence-electron chi connectivity index (χ2n) is 5.55. The summed E-state index contributed by atoms with van der Waals surface area (Å²) in [6.45, 7) is 0. The molecule has 0 radical (unpaired) electrons. The van der Waals surface area contributed by atoms with E-state index < -0.39 is 17.7 Å². The summed E-state index contributed by atoms with van der Waals surface area (Å²) in [5, 5.41) is 0. The highest BCUT2D eigenvalue weighted by atomic mass is 19.4. The lowest BCUT2D eigenvalue weighted by Gasteiger charge is -2.13. The molecule has 2 aromatic carbocycles. The molecule has 26 heavy (non-hydrogen) atoms. The number of alkyl halides is 3. The molecule has 0 bridgehead atoms. The van der Waals surface area contributed by atoms with E-state index in [4.69, 9.17) is 0 Å². The molecule has 0 N–H and O–H groups in total. The summed E-state index contributed by atoms with van der Waals surface area (Å²) < 4.78 is 44.5. The van der Waals surface area contributed by atoms with Crippen molar-refractivity contribution in [2.24, 2.45) is 0 Å². The van der Waals surface area contributed by atoms with Gasteiger partial charge in [-0.05, 0) is 35.4 Å². The number of esters is 1. The van der Waals surface area contributed by atoms with Crippen LogP contribution in [-0.4, -0.2) is 18.1 Å². The van der Waals surface area contributed by atoms with Crippen molar-refractivity contribution in [2.75, 3.05) is 7.11 Å². The summed E-state index contributed by atoms with van der Waals surface area (Å²) >= 11 is 0. The topological polar surface area (TPSA) is 39.2 Å². The Hall–Kier alpha value is -3.15. The number of halogens is 3. The zero-order chi connectivity index (χ0) is 18.7. The molecule has 0 atom stereocenters. The minimum Gasteiger partial charge on any atom is -0.465 e. The second kappa shape index (κ2) is 7.00. The molecule has 0 aliphatic heterocycles. The molecule has 0 aliphatic carbocycles. The van der Waals surface area contributed by atoms with Crippen molar-refractivity contribution in [1.29, 1.82) is 0 Å². The molecule has 3 nitrogen and oxygen atoms in total. The van der Waals surface area contributed by atoms with Gasteiger partial charge in [0.15, 0.2) is 0 Å². The number of methoxy groups -OCH3 is 1. The van der Waals surface area contributed by atoms with Crippen LogP contribution in [0.4, 0.5) is 13.2 Å². The van der Waals surface area contributed by atoms with Crippen LogP contribution in [0.1, 0.15) is 15.9 Å². The average molecular weight is 357 g/mol. The smallest absolute Gasteiger partial charge is 0.417 e. The molecule has 6 heteroatoms. The van der Waals surface area contributed by atoms with Gasteiger partial charge in [-0.25, -0.2) is 4.79 Å². The number of hydrogen-bond donors (Lipinski definition) is 0. The zero-order valence-corrected chi connectivity index (χ0v) is 13.7. The van der Waals surface area contributed by atoms with Gasteiger partial charge in [-0.1, -0.05) is 36.4 Å². The summed E-state index contributed by atoms with van der Waals surface area (Å²) in [4.78, 5) is 15.9. The first-order valence-electron chi connectivity index (χ1n) is 7.71. The Morgan fingerprint density at radius 3 is 2.42 bits per heavy atom. The highest BCUT2D eigenvalue weighted by Gasteiger charge is 2.33. The first-order chi connectivity index (χ1) is 12.4. The maximum Gasteiger partial charge on any atom is 0.417 e. The number of aromatic nitrogens is 1. The van der Waals surface area contributed by atoms with Crippen LogP contribution in [0.15, 0.2) is 66.9 Å². The van der Waals surface area contributed by atoms with Crippen LogP contribution in [-0.2, 0) is 10.9 Å². The van der Waals surface area contributed by atoms with Gasteiger partial charge in [0.1, 0.15) is 0 Å². The standard InChI is InChI=1S/C20H14F3NO2/c1-26-19(25)15-9-10-24-18(12-15)14-6-4-5-13(11-14)16-7-2-3-8-17(16)20(21,22)23/h2-12H,1H3. The van der Waals surface area contributed by atoms with Crippen molar-refractivity contribution in [3.8, 4) is 22.4 Å². The van der Waals surface area contributed by atoms with Gasteiger partial charge < -0.3 is 4.74 Å². The Labute approximate surface area is 148 Å². The molecule has 0 saturated carbocycles. The normalized spacial score (nSPS) is 11.2. The van der Waals surface area contributed by atoms with Crippen molar-refractivity contribution in [1.82, 2.24) is 4.98 Å². The Morgan fingerprint density at radius 1 is 0.962 bits per heavy atom. The lowest BCUT2D eigenvalue weighted by Crippen LogP contribution is -2.06. The molecule has 3 aromatic rings. The molecule has 0 aliphatic rings. The van der Waals surface area contributed by atoms with Crippen molar-refractivity contribution < 1.29 is 22.7 Å². The molecule has 1 heterocycles. The fourth-order valence-corrected chi connectivity index (χ4v) is 2.66. The summed E-state index contributed by atoms with van der Waals surface area (Å²) in [5.41, 5.74) is 1.20. The highest BCUT2D eigenvalue weighted by Crippen LogP contribution is 2.37. The van der Waals surface area contributed by atoms with Gasteiger partial charge in [0.25, 0.3) is 0 Å². The first kappa shape index (κ1) is 17.7. The quantitative estimate of drug-likeness (QED) is 0.603. The molecule has 3 rings (SSSR count). The van der Waals surface area contributed by atoms with Crippen molar-refractivity contribution in [3.63, 3.8) is 0 Å². The molecular formula is C20H14F3NO2. The van der Waals surface area contributed by atoms with Gasteiger partial charge in [0.05, 0.1) is 23.9 Å². The molecule has 132 valence electrons. The number of rotatable bonds is 3. The fourth-order valence-electron chi connectivity index (χ4n) is 2.66. The van der Waals surface area contributed by atoms with Gasteiger partial charge in [0, 0.05) is 11.8 Å². The van der Waals surface area contributed by atoms with E-state index in [9.17, 15) is 18.0 Å². The Bertz CT molecular complexity index is 952. The second-order valence-corrected chi connectivity index (χ2v) is 5.55. The predicted molar refractivity (Wildman–Crippen MR) is 91.5 cm³/mol. The molecule has 0 unspecified atom stereocenters. The van der Waals surface area contributed by atoms with Gasteiger partial charge in [-0.3, -0.25) is 4.98 Å². The third-order valence-corrected chi connectivity index (χ3v) is 3.88. The van der Waals surface area contributed by atoms with Crippen LogP contribution in [0.3, 0.4) is 0 Å². The van der Waals surface area contributed by atoms with Crippen LogP contribution in [0.2, 0.25) is 0 Å². The van der Waals surface area contributed by atoms with Gasteiger partial charge >= 0.3 is 12.1 Å². The molecule has 0 amide bonds. The molecule has 1 aromatic heterocycles. The maximum atomic E-state index is 13.3. The highest BCUT2D eigenvalue weighted by molar-refractivity contribution is 5.90. The Balaban J connectivity index is 2.07. The summed E-state index contributed by atoms with van der Waals surface area (Å²) in [6.07, 6.45) is -2.99. The van der Waals surface area contributed by atoms with Crippen molar-refractivity contribution >= 4 is 5.97 Å². The first-order valence-corrected chi connectivity index (χ1v) is 7.71.